The van der Waals surface area contributed by atoms with Gasteiger partial charge in [-0.2, -0.15) is 18.4 Å². The fraction of sp³-hybridized carbons (Fsp3) is 0.0476. The lowest BCUT2D eigenvalue weighted by Crippen LogP contribution is -2.17. The average molecular weight is 417 g/mol. The molecule has 0 saturated carbocycles. The molecule has 0 atom stereocenters. The van der Waals surface area contributed by atoms with E-state index in [4.69, 9.17) is 16.0 Å². The van der Waals surface area contributed by atoms with E-state index in [1.807, 2.05) is 0 Å². The van der Waals surface area contributed by atoms with Crippen LogP contribution in [0.4, 0.5) is 18.9 Å². The van der Waals surface area contributed by atoms with Gasteiger partial charge in [0, 0.05) is 16.7 Å². The summed E-state index contributed by atoms with van der Waals surface area (Å²) in [5, 5.41) is 11.9. The van der Waals surface area contributed by atoms with Crippen LogP contribution in [-0.2, 0) is 11.0 Å². The van der Waals surface area contributed by atoms with Gasteiger partial charge < -0.3 is 9.73 Å². The lowest BCUT2D eigenvalue weighted by molar-refractivity contribution is -0.137. The molecule has 1 aromatic heterocycles. The van der Waals surface area contributed by atoms with Gasteiger partial charge >= 0.3 is 6.18 Å². The Balaban J connectivity index is 1.85. The van der Waals surface area contributed by atoms with Gasteiger partial charge in [0.25, 0.3) is 5.91 Å². The molecular formula is C21H12ClF3N2O2. The monoisotopic (exact) mass is 416 g/mol. The van der Waals surface area contributed by atoms with E-state index in [0.717, 1.165) is 18.2 Å². The highest BCUT2D eigenvalue weighted by Crippen LogP contribution is 2.34. The molecule has 0 bridgehead atoms. The van der Waals surface area contributed by atoms with Crippen LogP contribution in [0.15, 0.2) is 70.7 Å². The Kier molecular flexibility index (Phi) is 5.76. The summed E-state index contributed by atoms with van der Waals surface area (Å²) in [5.41, 5.74) is -1.16. The zero-order valence-electron chi connectivity index (χ0n) is 14.6. The maximum absolute atomic E-state index is 13.1. The molecule has 0 spiro atoms. The first-order chi connectivity index (χ1) is 13.8. The highest BCUT2D eigenvalue weighted by molar-refractivity contribution is 6.30. The van der Waals surface area contributed by atoms with E-state index < -0.39 is 28.9 Å². The fourth-order valence-electron chi connectivity index (χ4n) is 2.55. The molecule has 1 heterocycles. The lowest BCUT2D eigenvalue weighted by atomic mass is 10.1. The Morgan fingerprint density at radius 1 is 1.10 bits per heavy atom. The number of anilines is 1. The predicted molar refractivity (Wildman–Crippen MR) is 103 cm³/mol. The van der Waals surface area contributed by atoms with Crippen molar-refractivity contribution in [2.24, 2.45) is 0 Å². The molecule has 3 aromatic rings. The van der Waals surface area contributed by atoms with Gasteiger partial charge in [-0.15, -0.1) is 0 Å². The standard InChI is InChI=1S/C21H12ClF3N2O2/c22-15-5-3-4-13(10-15)19-9-8-16(29-19)11-14(12-26)20(28)27-18-7-2-1-6-17(18)21(23,24)25/h1-11H,(H,27,28)/b14-11+. The zero-order chi connectivity index (χ0) is 21.0. The molecule has 29 heavy (non-hydrogen) atoms. The number of furan rings is 1. The Morgan fingerprint density at radius 3 is 2.55 bits per heavy atom. The number of alkyl halides is 3. The summed E-state index contributed by atoms with van der Waals surface area (Å²) < 4.78 is 44.8. The number of nitrogens with one attached hydrogen (secondary N) is 1. The molecule has 0 unspecified atom stereocenters. The van der Waals surface area contributed by atoms with Gasteiger partial charge in [0.2, 0.25) is 0 Å². The smallest absolute Gasteiger partial charge is 0.418 e. The molecule has 4 nitrogen and oxygen atoms in total. The Morgan fingerprint density at radius 2 is 1.86 bits per heavy atom. The second kappa shape index (κ2) is 8.25. The van der Waals surface area contributed by atoms with Gasteiger partial charge in [-0.25, -0.2) is 0 Å². The van der Waals surface area contributed by atoms with Crippen molar-refractivity contribution in [1.82, 2.24) is 0 Å². The van der Waals surface area contributed by atoms with Crippen molar-refractivity contribution < 1.29 is 22.4 Å². The summed E-state index contributed by atoms with van der Waals surface area (Å²) in [4.78, 5) is 12.3. The summed E-state index contributed by atoms with van der Waals surface area (Å²) >= 11 is 5.94. The third-order valence-corrected chi connectivity index (χ3v) is 4.10. The van der Waals surface area contributed by atoms with Crippen LogP contribution in [0.1, 0.15) is 11.3 Å². The molecule has 3 rings (SSSR count). The maximum atomic E-state index is 13.1. The number of rotatable bonds is 4. The molecule has 0 radical (unpaired) electrons. The summed E-state index contributed by atoms with van der Waals surface area (Å²) in [5.74, 6) is -0.334. The van der Waals surface area contributed by atoms with Crippen molar-refractivity contribution in [2.45, 2.75) is 6.18 Å². The third-order valence-electron chi connectivity index (χ3n) is 3.87. The maximum Gasteiger partial charge on any atom is 0.418 e. The van der Waals surface area contributed by atoms with E-state index in [1.54, 1.807) is 36.4 Å². The number of nitriles is 1. The van der Waals surface area contributed by atoms with Gasteiger partial charge in [0.05, 0.1) is 11.3 Å². The summed E-state index contributed by atoms with van der Waals surface area (Å²) in [6, 6.07) is 16.2. The molecule has 8 heteroatoms. The molecule has 1 amide bonds. The number of amides is 1. The van der Waals surface area contributed by atoms with Crippen LogP contribution in [0.3, 0.4) is 0 Å². The van der Waals surface area contributed by atoms with E-state index in [1.165, 1.54) is 18.2 Å². The predicted octanol–water partition coefficient (Wildman–Crippen LogP) is 6.16. The topological polar surface area (TPSA) is 66.0 Å². The van der Waals surface area contributed by atoms with Crippen molar-refractivity contribution in [3.8, 4) is 17.4 Å². The van der Waals surface area contributed by atoms with E-state index in [2.05, 4.69) is 5.32 Å². The first-order valence-electron chi connectivity index (χ1n) is 8.23. The first-order valence-corrected chi connectivity index (χ1v) is 8.61. The number of carbonyl (C=O) groups excluding carboxylic acids is 1. The Hall–Kier alpha value is -3.50. The summed E-state index contributed by atoms with van der Waals surface area (Å²) in [6.45, 7) is 0. The molecule has 2 aromatic carbocycles. The number of halogens is 4. The van der Waals surface area contributed by atoms with Gasteiger partial charge in [-0.05, 0) is 36.4 Å². The molecule has 146 valence electrons. The van der Waals surface area contributed by atoms with Crippen molar-refractivity contribution in [1.29, 1.82) is 5.26 Å². The quantitative estimate of drug-likeness (QED) is 0.409. The van der Waals surface area contributed by atoms with Crippen LogP contribution in [0.25, 0.3) is 17.4 Å². The van der Waals surface area contributed by atoms with Crippen molar-refractivity contribution >= 4 is 29.3 Å². The van der Waals surface area contributed by atoms with Crippen molar-refractivity contribution in [3.05, 3.63) is 82.6 Å². The van der Waals surface area contributed by atoms with E-state index >= 15 is 0 Å². The van der Waals surface area contributed by atoms with Crippen LogP contribution in [0, 0.1) is 11.3 Å². The average Bonchev–Trinajstić information content (AvgIpc) is 3.14. The number of para-hydroxylation sites is 1. The normalized spacial score (nSPS) is 11.8. The largest absolute Gasteiger partial charge is 0.457 e. The lowest BCUT2D eigenvalue weighted by Gasteiger charge is -2.13. The number of hydrogen-bond donors (Lipinski definition) is 1. The number of benzene rings is 2. The second-order valence-corrected chi connectivity index (χ2v) is 6.32. The van der Waals surface area contributed by atoms with Crippen molar-refractivity contribution in [2.75, 3.05) is 5.32 Å². The van der Waals surface area contributed by atoms with Gasteiger partial charge in [0.15, 0.2) is 0 Å². The molecule has 0 aliphatic heterocycles. The van der Waals surface area contributed by atoms with E-state index in [0.29, 0.717) is 16.3 Å². The third kappa shape index (κ3) is 4.86. The fourth-order valence-corrected chi connectivity index (χ4v) is 2.74. The highest BCUT2D eigenvalue weighted by Gasteiger charge is 2.33. The second-order valence-electron chi connectivity index (χ2n) is 5.88. The Labute approximate surface area is 168 Å². The molecular weight excluding hydrogens is 405 g/mol. The van der Waals surface area contributed by atoms with E-state index in [9.17, 15) is 23.2 Å². The number of carbonyl (C=O) groups is 1. The first kappa shape index (κ1) is 20.2. The minimum atomic E-state index is -4.65. The minimum absolute atomic E-state index is 0.191. The molecule has 1 N–H and O–H groups in total. The summed E-state index contributed by atoms with van der Waals surface area (Å²) in [7, 11) is 0. The van der Waals surface area contributed by atoms with E-state index in [-0.39, 0.29) is 5.76 Å². The van der Waals surface area contributed by atoms with Crippen molar-refractivity contribution in [3.63, 3.8) is 0 Å². The number of nitrogens with zero attached hydrogens (tertiary/aromatic N) is 1. The molecule has 0 fully saturated rings. The SMILES string of the molecule is N#C/C(=C\c1ccc(-c2cccc(Cl)c2)o1)C(=O)Nc1ccccc1C(F)(F)F. The number of hydrogen-bond acceptors (Lipinski definition) is 3. The van der Waals surface area contributed by atoms with Gasteiger partial charge in [0.1, 0.15) is 23.2 Å². The van der Waals surface area contributed by atoms with Crippen LogP contribution in [-0.4, -0.2) is 5.91 Å². The highest BCUT2D eigenvalue weighted by atomic mass is 35.5. The van der Waals surface area contributed by atoms with Crippen LogP contribution < -0.4 is 5.32 Å². The van der Waals surface area contributed by atoms with Gasteiger partial charge in [-0.3, -0.25) is 4.79 Å². The molecule has 0 aliphatic rings. The van der Waals surface area contributed by atoms with Gasteiger partial charge in [-0.1, -0.05) is 35.9 Å². The minimum Gasteiger partial charge on any atom is -0.457 e. The van der Waals surface area contributed by atoms with Crippen LogP contribution >= 0.6 is 11.6 Å². The van der Waals surface area contributed by atoms with Crippen LogP contribution in [0.2, 0.25) is 5.02 Å². The molecule has 0 aliphatic carbocycles. The Bertz CT molecular complexity index is 1130. The zero-order valence-corrected chi connectivity index (χ0v) is 15.4. The summed E-state index contributed by atoms with van der Waals surface area (Å²) in [6.07, 6.45) is -3.49. The molecule has 0 saturated heterocycles. The van der Waals surface area contributed by atoms with Crippen LogP contribution in [0.5, 0.6) is 0 Å².